The molecule has 1 heterocycles. The van der Waals surface area contributed by atoms with Gasteiger partial charge in [0.05, 0.1) is 32.8 Å². The third-order valence-corrected chi connectivity index (χ3v) is 5.31. The minimum absolute atomic E-state index is 0.0286. The number of carbonyl (C=O) groups is 2. The number of hydrogen-bond acceptors (Lipinski definition) is 5. The number of amides is 2. The van der Waals surface area contributed by atoms with Crippen molar-refractivity contribution in [3.8, 4) is 11.5 Å². The first-order valence-electron chi connectivity index (χ1n) is 10.0. The highest BCUT2D eigenvalue weighted by molar-refractivity contribution is 5.97. The van der Waals surface area contributed by atoms with Crippen LogP contribution in [0.3, 0.4) is 0 Å². The van der Waals surface area contributed by atoms with E-state index in [0.29, 0.717) is 24.5 Å². The van der Waals surface area contributed by atoms with E-state index in [4.69, 9.17) is 14.3 Å². The lowest BCUT2D eigenvalue weighted by molar-refractivity contribution is -0.140. The molecule has 2 aromatic rings. The van der Waals surface area contributed by atoms with E-state index in [9.17, 15) is 9.59 Å². The third kappa shape index (κ3) is 4.41. The van der Waals surface area contributed by atoms with Crippen molar-refractivity contribution in [2.75, 3.05) is 25.7 Å². The van der Waals surface area contributed by atoms with Gasteiger partial charge in [-0.05, 0) is 50.1 Å². The normalized spacial score (nSPS) is 18.8. The smallest absolute Gasteiger partial charge is 0.249 e. The van der Waals surface area contributed by atoms with Gasteiger partial charge in [0, 0.05) is 12.1 Å². The summed E-state index contributed by atoms with van der Waals surface area (Å²) < 4.78 is 10.8. The molecule has 0 spiro atoms. The van der Waals surface area contributed by atoms with Crippen molar-refractivity contribution < 1.29 is 23.9 Å². The second-order valence-electron chi connectivity index (χ2n) is 7.20. The van der Waals surface area contributed by atoms with E-state index in [2.05, 4.69) is 5.48 Å². The Morgan fingerprint density at radius 3 is 2.43 bits per heavy atom. The van der Waals surface area contributed by atoms with Crippen molar-refractivity contribution in [1.29, 1.82) is 0 Å². The lowest BCUT2D eigenvalue weighted by atomic mass is 9.83. The van der Waals surface area contributed by atoms with Crippen LogP contribution in [0.25, 0.3) is 0 Å². The number of carbonyl (C=O) groups excluding carboxylic acids is 2. The van der Waals surface area contributed by atoms with E-state index in [-0.39, 0.29) is 18.2 Å². The van der Waals surface area contributed by atoms with Crippen molar-refractivity contribution in [3.05, 3.63) is 53.6 Å². The maximum Gasteiger partial charge on any atom is 0.249 e. The average molecular weight is 412 g/mol. The lowest BCUT2D eigenvalue weighted by Crippen LogP contribution is -2.48. The van der Waals surface area contributed by atoms with Crippen LogP contribution in [-0.2, 0) is 14.4 Å². The molecule has 1 aliphatic heterocycles. The number of hydroxylamine groups is 1. The molecule has 2 atom stereocenters. The van der Waals surface area contributed by atoms with Crippen LogP contribution < -0.4 is 19.9 Å². The number of aryl methyl sites for hydroxylation is 1. The van der Waals surface area contributed by atoms with Crippen LogP contribution in [0.4, 0.5) is 5.69 Å². The van der Waals surface area contributed by atoms with Crippen LogP contribution in [-0.4, -0.2) is 32.6 Å². The predicted octanol–water partition coefficient (Wildman–Crippen LogP) is 3.56. The van der Waals surface area contributed by atoms with Gasteiger partial charge in [-0.25, -0.2) is 5.48 Å². The highest BCUT2D eigenvalue weighted by Crippen LogP contribution is 2.42. The monoisotopic (exact) mass is 412 g/mol. The van der Waals surface area contributed by atoms with E-state index in [1.165, 1.54) is 0 Å². The van der Waals surface area contributed by atoms with Gasteiger partial charge in [0.15, 0.2) is 11.5 Å². The summed E-state index contributed by atoms with van der Waals surface area (Å²) in [5.74, 6) is 0.371. The van der Waals surface area contributed by atoms with Gasteiger partial charge in [0.25, 0.3) is 0 Å². The van der Waals surface area contributed by atoms with Gasteiger partial charge in [-0.3, -0.25) is 14.4 Å². The molecule has 2 aromatic carbocycles. The number of methoxy groups -OCH3 is 2. The highest BCUT2D eigenvalue weighted by Gasteiger charge is 2.42. The molecule has 1 fully saturated rings. The molecule has 0 radical (unpaired) electrons. The number of anilines is 1. The van der Waals surface area contributed by atoms with E-state index >= 15 is 0 Å². The number of nitrogens with zero attached hydrogens (tertiary/aromatic N) is 1. The van der Waals surface area contributed by atoms with Gasteiger partial charge in [-0.2, -0.15) is 0 Å². The second-order valence-corrected chi connectivity index (χ2v) is 7.20. The number of hydrogen-bond donors (Lipinski definition) is 1. The molecule has 3 rings (SSSR count). The van der Waals surface area contributed by atoms with Crippen LogP contribution >= 0.6 is 0 Å². The minimum Gasteiger partial charge on any atom is -0.493 e. The van der Waals surface area contributed by atoms with Crippen molar-refractivity contribution >= 4 is 17.5 Å². The largest absolute Gasteiger partial charge is 0.493 e. The Kier molecular flexibility index (Phi) is 6.95. The fourth-order valence-corrected chi connectivity index (χ4v) is 3.81. The average Bonchev–Trinajstić information content (AvgIpc) is 2.77. The van der Waals surface area contributed by atoms with Gasteiger partial charge in [-0.15, -0.1) is 0 Å². The number of ether oxygens (including phenoxy) is 2. The summed E-state index contributed by atoms with van der Waals surface area (Å²) in [6, 6.07) is 12.7. The van der Waals surface area contributed by atoms with Crippen LogP contribution in [0.15, 0.2) is 42.5 Å². The van der Waals surface area contributed by atoms with Gasteiger partial charge < -0.3 is 14.4 Å². The molecule has 30 heavy (non-hydrogen) atoms. The van der Waals surface area contributed by atoms with Gasteiger partial charge in [-0.1, -0.05) is 23.8 Å². The molecule has 0 aromatic heterocycles. The third-order valence-electron chi connectivity index (χ3n) is 5.31. The molecule has 7 heteroatoms. The Labute approximate surface area is 176 Å². The molecule has 0 saturated carbocycles. The minimum atomic E-state index is -0.505. The number of nitrogens with one attached hydrogen (secondary N) is 1. The fourth-order valence-electron chi connectivity index (χ4n) is 3.81. The standard InChI is InChI=1S/C23H28N2O5/c1-5-30-24-23(27)18-11-13-21(26)25(17-9-6-15(2)7-10-17)22(18)16-8-12-19(28-3)20(14-16)29-4/h6-10,12,14,18,22H,5,11,13H2,1-4H3,(H,24,27)/t18-,22+/m1/s1. The molecule has 7 nitrogen and oxygen atoms in total. The Morgan fingerprint density at radius 2 is 1.80 bits per heavy atom. The Morgan fingerprint density at radius 1 is 1.10 bits per heavy atom. The Balaban J connectivity index is 2.09. The molecule has 2 amide bonds. The molecule has 0 bridgehead atoms. The molecular weight excluding hydrogens is 384 g/mol. The van der Waals surface area contributed by atoms with Crippen molar-refractivity contribution in [2.45, 2.75) is 32.7 Å². The first kappa shape index (κ1) is 21.6. The SMILES string of the molecule is CCONC(=O)[C@@H]1CCC(=O)N(c2ccc(C)cc2)[C@H]1c1ccc(OC)c(OC)c1. The summed E-state index contributed by atoms with van der Waals surface area (Å²) in [7, 11) is 3.13. The van der Waals surface area contributed by atoms with Gasteiger partial charge in [0.1, 0.15) is 0 Å². The lowest BCUT2D eigenvalue weighted by Gasteiger charge is -2.40. The fraction of sp³-hybridized carbons (Fsp3) is 0.391. The molecular formula is C23H28N2O5. The highest BCUT2D eigenvalue weighted by atomic mass is 16.6. The van der Waals surface area contributed by atoms with Crippen LogP contribution in [0.1, 0.15) is 36.9 Å². The number of rotatable bonds is 7. The maximum atomic E-state index is 13.0. The predicted molar refractivity (Wildman–Crippen MR) is 113 cm³/mol. The molecule has 160 valence electrons. The van der Waals surface area contributed by atoms with Crippen molar-refractivity contribution in [1.82, 2.24) is 5.48 Å². The first-order valence-corrected chi connectivity index (χ1v) is 10.0. The number of benzene rings is 2. The van der Waals surface area contributed by atoms with E-state index < -0.39 is 12.0 Å². The quantitative estimate of drug-likeness (QED) is 0.704. The summed E-state index contributed by atoms with van der Waals surface area (Å²) >= 11 is 0. The van der Waals surface area contributed by atoms with Crippen molar-refractivity contribution in [2.24, 2.45) is 5.92 Å². The molecule has 1 aliphatic rings. The number of piperidine rings is 1. The second kappa shape index (κ2) is 9.63. The van der Waals surface area contributed by atoms with Crippen LogP contribution in [0, 0.1) is 12.8 Å². The molecule has 1 saturated heterocycles. The zero-order valence-electron chi connectivity index (χ0n) is 17.8. The zero-order chi connectivity index (χ0) is 21.7. The first-order chi connectivity index (χ1) is 14.5. The Bertz CT molecular complexity index is 897. The zero-order valence-corrected chi connectivity index (χ0v) is 17.8. The van der Waals surface area contributed by atoms with Crippen LogP contribution in [0.2, 0.25) is 0 Å². The van der Waals surface area contributed by atoms with E-state index in [0.717, 1.165) is 16.8 Å². The maximum absolute atomic E-state index is 13.0. The molecule has 0 unspecified atom stereocenters. The topological polar surface area (TPSA) is 77.1 Å². The van der Waals surface area contributed by atoms with Gasteiger partial charge in [0.2, 0.25) is 11.8 Å². The summed E-state index contributed by atoms with van der Waals surface area (Å²) in [4.78, 5) is 32.8. The summed E-state index contributed by atoms with van der Waals surface area (Å²) in [6.45, 7) is 4.15. The van der Waals surface area contributed by atoms with Crippen LogP contribution in [0.5, 0.6) is 11.5 Å². The molecule has 0 aliphatic carbocycles. The summed E-state index contributed by atoms with van der Waals surface area (Å²) in [5, 5.41) is 0. The van der Waals surface area contributed by atoms with E-state index in [1.54, 1.807) is 32.1 Å². The van der Waals surface area contributed by atoms with Gasteiger partial charge >= 0.3 is 0 Å². The van der Waals surface area contributed by atoms with Crippen molar-refractivity contribution in [3.63, 3.8) is 0 Å². The van der Waals surface area contributed by atoms with E-state index in [1.807, 2.05) is 43.3 Å². The summed E-state index contributed by atoms with van der Waals surface area (Å²) in [5.41, 5.74) is 5.15. The Hall–Kier alpha value is -3.06. The molecule has 1 N–H and O–H groups in total. The summed E-state index contributed by atoms with van der Waals surface area (Å²) in [6.07, 6.45) is 0.709.